The number of benzene rings is 1. The van der Waals surface area contributed by atoms with E-state index in [0.717, 1.165) is 5.56 Å². The highest BCUT2D eigenvalue weighted by Gasteiger charge is 2.29. The third kappa shape index (κ3) is 2.96. The Morgan fingerprint density at radius 3 is 2.45 bits per heavy atom. The van der Waals surface area contributed by atoms with Crippen LogP contribution in [0.4, 0.5) is 4.39 Å². The zero-order chi connectivity index (χ0) is 14.7. The van der Waals surface area contributed by atoms with E-state index in [1.165, 1.54) is 21.9 Å². The number of amides is 2. The van der Waals surface area contributed by atoms with Gasteiger partial charge in [0.2, 0.25) is 11.8 Å². The molecule has 20 heavy (non-hydrogen) atoms. The lowest BCUT2D eigenvalue weighted by Gasteiger charge is -2.33. The molecule has 0 bridgehead atoms. The topological polar surface area (TPSA) is 66.6 Å². The van der Waals surface area contributed by atoms with Gasteiger partial charge in [-0.05, 0) is 30.2 Å². The number of nitrogens with zero attached hydrogens (tertiary/aromatic N) is 2. The Kier molecular flexibility index (Phi) is 4.34. The predicted octanol–water partition coefficient (Wildman–Crippen LogP) is 0.475. The first kappa shape index (κ1) is 14.5. The van der Waals surface area contributed by atoms with Gasteiger partial charge in [0.1, 0.15) is 12.4 Å². The average molecular weight is 279 g/mol. The highest BCUT2D eigenvalue weighted by Crippen LogP contribution is 2.16. The van der Waals surface area contributed by atoms with E-state index in [1.54, 1.807) is 6.07 Å². The molecule has 0 radical (unpaired) electrons. The maximum atomic E-state index is 13.3. The molecule has 6 heteroatoms. The van der Waals surface area contributed by atoms with Gasteiger partial charge in [-0.1, -0.05) is 6.07 Å². The molecule has 0 spiro atoms. The molecule has 108 valence electrons. The molecular weight excluding hydrogens is 261 g/mol. The van der Waals surface area contributed by atoms with Crippen molar-refractivity contribution < 1.29 is 14.0 Å². The number of nitrogens with two attached hydrogens (primary N) is 1. The molecule has 2 rings (SSSR count). The lowest BCUT2D eigenvalue weighted by Crippen LogP contribution is -2.53. The van der Waals surface area contributed by atoms with Crippen molar-refractivity contribution in [1.29, 1.82) is 0 Å². The summed E-state index contributed by atoms with van der Waals surface area (Å²) >= 11 is 0. The van der Waals surface area contributed by atoms with Crippen LogP contribution in [-0.4, -0.2) is 41.2 Å². The minimum Gasteiger partial charge on any atom is -0.332 e. The summed E-state index contributed by atoms with van der Waals surface area (Å²) in [6, 6.07) is 4.32. The second kappa shape index (κ2) is 6.00. The van der Waals surface area contributed by atoms with E-state index in [1.807, 2.05) is 6.92 Å². The normalized spacial score (nSPS) is 15.9. The van der Waals surface area contributed by atoms with Crippen molar-refractivity contribution in [3.63, 3.8) is 0 Å². The summed E-state index contributed by atoms with van der Waals surface area (Å²) in [6.07, 6.45) is 0. The Bertz CT molecular complexity index is 533. The van der Waals surface area contributed by atoms with E-state index in [4.69, 9.17) is 5.73 Å². The molecule has 0 unspecified atom stereocenters. The molecule has 0 saturated carbocycles. The van der Waals surface area contributed by atoms with Crippen LogP contribution in [0.5, 0.6) is 0 Å². The molecule has 1 saturated heterocycles. The van der Waals surface area contributed by atoms with Crippen LogP contribution in [0.25, 0.3) is 0 Å². The van der Waals surface area contributed by atoms with E-state index >= 15 is 0 Å². The molecule has 0 atom stereocenters. The van der Waals surface area contributed by atoms with Gasteiger partial charge in [0, 0.05) is 19.6 Å². The van der Waals surface area contributed by atoms with Crippen molar-refractivity contribution in [2.24, 2.45) is 5.73 Å². The highest BCUT2D eigenvalue weighted by molar-refractivity contribution is 5.92. The van der Waals surface area contributed by atoms with Gasteiger partial charge in [-0.3, -0.25) is 9.59 Å². The average Bonchev–Trinajstić information content (AvgIpc) is 2.42. The first-order valence-electron chi connectivity index (χ1n) is 6.58. The highest BCUT2D eigenvalue weighted by atomic mass is 19.1. The Morgan fingerprint density at radius 1 is 1.15 bits per heavy atom. The van der Waals surface area contributed by atoms with Gasteiger partial charge in [-0.15, -0.1) is 0 Å². The lowest BCUT2D eigenvalue weighted by molar-refractivity contribution is -0.150. The summed E-state index contributed by atoms with van der Waals surface area (Å²) in [5.41, 5.74) is 7.04. The number of hydrogen-bond acceptors (Lipinski definition) is 3. The number of rotatable bonds is 4. The smallest absolute Gasteiger partial charge is 0.242 e. The first-order valence-corrected chi connectivity index (χ1v) is 6.58. The van der Waals surface area contributed by atoms with Gasteiger partial charge in [0.05, 0.1) is 6.54 Å². The molecule has 1 aromatic rings. The Hall–Kier alpha value is -1.95. The van der Waals surface area contributed by atoms with Crippen molar-refractivity contribution >= 4 is 11.8 Å². The maximum Gasteiger partial charge on any atom is 0.242 e. The van der Waals surface area contributed by atoms with Crippen LogP contribution >= 0.6 is 0 Å². The molecule has 2 N–H and O–H groups in total. The maximum absolute atomic E-state index is 13.3. The number of piperazine rings is 1. The predicted molar refractivity (Wildman–Crippen MR) is 72.0 cm³/mol. The number of hydrogen-bond donors (Lipinski definition) is 1. The molecule has 1 fully saturated rings. The second-order valence-corrected chi connectivity index (χ2v) is 4.77. The fourth-order valence-electron chi connectivity index (χ4n) is 2.28. The number of halogens is 1. The van der Waals surface area contributed by atoms with Crippen LogP contribution in [0.15, 0.2) is 18.2 Å². The second-order valence-electron chi connectivity index (χ2n) is 4.77. The van der Waals surface area contributed by atoms with Crippen LogP contribution < -0.4 is 5.73 Å². The van der Waals surface area contributed by atoms with Crippen molar-refractivity contribution in [3.05, 3.63) is 35.1 Å². The largest absolute Gasteiger partial charge is 0.332 e. The zero-order valence-electron chi connectivity index (χ0n) is 11.4. The summed E-state index contributed by atoms with van der Waals surface area (Å²) < 4.78 is 13.3. The SMILES string of the molecule is CCN1CC(=O)N(Cc2cc(F)ccc2CN)CC1=O. The minimum absolute atomic E-state index is 0.0349. The number of carbonyl (C=O) groups is 2. The van der Waals surface area contributed by atoms with E-state index < -0.39 is 0 Å². The Labute approximate surface area is 117 Å². The molecule has 0 aliphatic carbocycles. The van der Waals surface area contributed by atoms with Crippen LogP contribution in [0.3, 0.4) is 0 Å². The first-order chi connectivity index (χ1) is 9.55. The van der Waals surface area contributed by atoms with Gasteiger partial charge in [-0.25, -0.2) is 4.39 Å². The van der Waals surface area contributed by atoms with E-state index in [2.05, 4.69) is 0 Å². The van der Waals surface area contributed by atoms with Crippen molar-refractivity contribution in [2.75, 3.05) is 19.6 Å². The van der Waals surface area contributed by atoms with Crippen LogP contribution in [0.1, 0.15) is 18.1 Å². The summed E-state index contributed by atoms with van der Waals surface area (Å²) in [6.45, 7) is 2.96. The molecule has 1 aliphatic heterocycles. The van der Waals surface area contributed by atoms with E-state index in [-0.39, 0.29) is 43.8 Å². The molecule has 5 nitrogen and oxygen atoms in total. The van der Waals surface area contributed by atoms with Gasteiger partial charge < -0.3 is 15.5 Å². The molecule has 1 aliphatic rings. The molecule has 1 heterocycles. The van der Waals surface area contributed by atoms with Gasteiger partial charge in [0.15, 0.2) is 0 Å². The van der Waals surface area contributed by atoms with E-state index in [9.17, 15) is 14.0 Å². The third-order valence-electron chi connectivity index (χ3n) is 3.49. The van der Waals surface area contributed by atoms with Crippen LogP contribution in [0, 0.1) is 5.82 Å². The summed E-state index contributed by atoms with van der Waals surface area (Å²) in [5.74, 6) is -0.584. The Balaban J connectivity index is 2.16. The third-order valence-corrected chi connectivity index (χ3v) is 3.49. The van der Waals surface area contributed by atoms with Crippen molar-refractivity contribution in [3.8, 4) is 0 Å². The molecule has 2 amide bonds. The van der Waals surface area contributed by atoms with Crippen LogP contribution in [-0.2, 0) is 22.7 Å². The monoisotopic (exact) mass is 279 g/mol. The van der Waals surface area contributed by atoms with Gasteiger partial charge >= 0.3 is 0 Å². The zero-order valence-corrected chi connectivity index (χ0v) is 11.4. The van der Waals surface area contributed by atoms with Gasteiger partial charge in [-0.2, -0.15) is 0 Å². The van der Waals surface area contributed by atoms with Crippen LogP contribution in [0.2, 0.25) is 0 Å². The van der Waals surface area contributed by atoms with Gasteiger partial charge in [0.25, 0.3) is 0 Å². The van der Waals surface area contributed by atoms with Crippen molar-refractivity contribution in [2.45, 2.75) is 20.0 Å². The quantitative estimate of drug-likeness (QED) is 0.871. The Morgan fingerprint density at radius 2 is 1.80 bits per heavy atom. The van der Waals surface area contributed by atoms with Crippen molar-refractivity contribution in [1.82, 2.24) is 9.80 Å². The fourth-order valence-corrected chi connectivity index (χ4v) is 2.28. The number of carbonyl (C=O) groups excluding carboxylic acids is 2. The number of likely N-dealkylation sites (N-methyl/N-ethyl adjacent to an activating group) is 1. The summed E-state index contributed by atoms with van der Waals surface area (Å²) in [5, 5.41) is 0. The summed E-state index contributed by atoms with van der Waals surface area (Å²) in [7, 11) is 0. The standard InChI is InChI=1S/C14H18FN3O2/c1-2-17-8-14(20)18(9-13(17)19)7-11-5-12(15)4-3-10(11)6-16/h3-5H,2,6-9,16H2,1H3. The lowest BCUT2D eigenvalue weighted by atomic mass is 10.1. The fraction of sp³-hybridized carbons (Fsp3) is 0.429. The minimum atomic E-state index is -0.372. The molecule has 0 aromatic heterocycles. The molecule has 1 aromatic carbocycles. The molecular formula is C14H18FN3O2. The van der Waals surface area contributed by atoms with E-state index in [0.29, 0.717) is 12.1 Å². The summed E-state index contributed by atoms with van der Waals surface area (Å²) in [4.78, 5) is 26.8.